The molecule has 0 aromatic rings. The Bertz CT molecular complexity index is 349. The quantitative estimate of drug-likeness (QED) is 0.800. The Hall–Kier alpha value is -1.30. The lowest BCUT2D eigenvalue weighted by Gasteiger charge is -2.41. The smallest absolute Gasteiger partial charge is 0.320 e. The molecule has 1 rings (SSSR count). The van der Waals surface area contributed by atoms with E-state index in [4.69, 9.17) is 5.11 Å². The van der Waals surface area contributed by atoms with Gasteiger partial charge in [0.1, 0.15) is 0 Å². The van der Waals surface area contributed by atoms with Gasteiger partial charge in [-0.2, -0.15) is 0 Å². The van der Waals surface area contributed by atoms with Crippen molar-refractivity contribution in [1.29, 1.82) is 0 Å². The highest BCUT2D eigenvalue weighted by molar-refractivity contribution is 5.77. The number of carbonyl (C=O) groups excluding carboxylic acids is 1. The summed E-state index contributed by atoms with van der Waals surface area (Å²) < 4.78 is 0. The van der Waals surface area contributed by atoms with Gasteiger partial charge in [0.05, 0.1) is 12.0 Å². The molecule has 0 saturated carbocycles. The standard InChI is InChI=1S/C14H26N2O4/c1-4-14(12(18)19)5-7-15(8-6-14)13(20)16(9-10-17)11(2)3/h11,17H,4-10H2,1-3H3,(H,18,19). The third-order valence-electron chi connectivity index (χ3n) is 4.33. The molecule has 0 bridgehead atoms. The van der Waals surface area contributed by atoms with E-state index in [1.807, 2.05) is 20.8 Å². The maximum absolute atomic E-state index is 12.4. The van der Waals surface area contributed by atoms with Crippen LogP contribution < -0.4 is 0 Å². The van der Waals surface area contributed by atoms with E-state index >= 15 is 0 Å². The minimum atomic E-state index is -0.761. The highest BCUT2D eigenvalue weighted by Gasteiger charge is 2.41. The van der Waals surface area contributed by atoms with Crippen molar-refractivity contribution in [3.05, 3.63) is 0 Å². The normalized spacial score (nSPS) is 18.1. The summed E-state index contributed by atoms with van der Waals surface area (Å²) in [5, 5.41) is 18.4. The lowest BCUT2D eigenvalue weighted by molar-refractivity contribution is -0.152. The van der Waals surface area contributed by atoms with E-state index in [1.54, 1.807) is 9.80 Å². The lowest BCUT2D eigenvalue weighted by atomic mass is 9.76. The molecule has 0 aliphatic carbocycles. The summed E-state index contributed by atoms with van der Waals surface area (Å²) in [6.45, 7) is 6.88. The molecule has 116 valence electrons. The van der Waals surface area contributed by atoms with E-state index in [-0.39, 0.29) is 18.7 Å². The number of urea groups is 1. The van der Waals surface area contributed by atoms with Gasteiger partial charge in [0, 0.05) is 25.7 Å². The largest absolute Gasteiger partial charge is 0.481 e. The first-order valence-corrected chi connectivity index (χ1v) is 7.27. The number of carbonyl (C=O) groups is 2. The summed E-state index contributed by atoms with van der Waals surface area (Å²) in [6.07, 6.45) is 1.58. The molecule has 2 amide bonds. The number of nitrogens with zero attached hydrogens (tertiary/aromatic N) is 2. The van der Waals surface area contributed by atoms with Crippen molar-refractivity contribution in [2.24, 2.45) is 5.41 Å². The van der Waals surface area contributed by atoms with E-state index in [0.717, 1.165) is 0 Å². The van der Waals surface area contributed by atoms with Crippen molar-refractivity contribution < 1.29 is 19.8 Å². The summed E-state index contributed by atoms with van der Waals surface area (Å²) in [5.41, 5.74) is -0.684. The number of piperidine rings is 1. The second kappa shape index (κ2) is 6.92. The molecule has 0 aromatic heterocycles. The van der Waals surface area contributed by atoms with Crippen LogP contribution in [0.25, 0.3) is 0 Å². The number of aliphatic carboxylic acids is 1. The van der Waals surface area contributed by atoms with E-state index < -0.39 is 11.4 Å². The molecule has 20 heavy (non-hydrogen) atoms. The molecule has 0 aromatic carbocycles. The van der Waals surface area contributed by atoms with Crippen molar-refractivity contribution in [2.75, 3.05) is 26.2 Å². The molecule has 1 fully saturated rings. The number of hydrogen-bond acceptors (Lipinski definition) is 3. The van der Waals surface area contributed by atoms with Crippen LogP contribution in [0.4, 0.5) is 4.79 Å². The van der Waals surface area contributed by atoms with Crippen LogP contribution in [0.3, 0.4) is 0 Å². The SMILES string of the molecule is CCC1(C(=O)O)CCN(C(=O)N(CCO)C(C)C)CC1. The van der Waals surface area contributed by atoms with Crippen LogP contribution in [-0.4, -0.2) is 64.3 Å². The summed E-state index contributed by atoms with van der Waals surface area (Å²) in [6, 6.07) is -0.0869. The third-order valence-corrected chi connectivity index (χ3v) is 4.33. The Morgan fingerprint density at radius 3 is 2.20 bits per heavy atom. The first kappa shape index (κ1) is 16.8. The topological polar surface area (TPSA) is 81.1 Å². The van der Waals surface area contributed by atoms with Crippen molar-refractivity contribution >= 4 is 12.0 Å². The van der Waals surface area contributed by atoms with E-state index in [0.29, 0.717) is 38.9 Å². The predicted molar refractivity (Wildman–Crippen MR) is 75.5 cm³/mol. The number of carboxylic acid groups (broad SMARTS) is 1. The van der Waals surface area contributed by atoms with Crippen LogP contribution in [0.2, 0.25) is 0 Å². The van der Waals surface area contributed by atoms with Gasteiger partial charge in [-0.25, -0.2) is 4.79 Å². The number of aliphatic hydroxyl groups excluding tert-OH is 1. The van der Waals surface area contributed by atoms with Crippen LogP contribution in [-0.2, 0) is 4.79 Å². The van der Waals surface area contributed by atoms with Gasteiger partial charge in [-0.15, -0.1) is 0 Å². The van der Waals surface area contributed by atoms with Gasteiger partial charge in [-0.3, -0.25) is 4.79 Å². The molecular weight excluding hydrogens is 260 g/mol. The van der Waals surface area contributed by atoms with Crippen LogP contribution in [0.1, 0.15) is 40.0 Å². The van der Waals surface area contributed by atoms with Crippen molar-refractivity contribution in [2.45, 2.75) is 46.1 Å². The molecule has 1 saturated heterocycles. The fraction of sp³-hybridized carbons (Fsp3) is 0.857. The number of hydrogen-bond donors (Lipinski definition) is 2. The Labute approximate surface area is 120 Å². The summed E-state index contributed by atoms with van der Waals surface area (Å²) in [7, 11) is 0. The Morgan fingerprint density at radius 2 is 1.85 bits per heavy atom. The van der Waals surface area contributed by atoms with Gasteiger partial charge < -0.3 is 20.0 Å². The summed E-state index contributed by atoms with van der Waals surface area (Å²) in [5.74, 6) is -0.761. The first-order valence-electron chi connectivity index (χ1n) is 7.27. The second-order valence-corrected chi connectivity index (χ2v) is 5.72. The number of amides is 2. The lowest BCUT2D eigenvalue weighted by Crippen LogP contribution is -2.52. The second-order valence-electron chi connectivity index (χ2n) is 5.72. The van der Waals surface area contributed by atoms with Crippen molar-refractivity contribution in [1.82, 2.24) is 9.80 Å². The van der Waals surface area contributed by atoms with Crippen LogP contribution in [0.5, 0.6) is 0 Å². The molecule has 1 aliphatic rings. The van der Waals surface area contributed by atoms with Gasteiger partial charge in [-0.05, 0) is 33.1 Å². The Balaban J connectivity index is 2.68. The van der Waals surface area contributed by atoms with Crippen molar-refractivity contribution in [3.63, 3.8) is 0 Å². The zero-order chi connectivity index (χ0) is 15.3. The number of aliphatic hydroxyl groups is 1. The van der Waals surface area contributed by atoms with Gasteiger partial charge >= 0.3 is 12.0 Å². The summed E-state index contributed by atoms with van der Waals surface area (Å²) in [4.78, 5) is 27.1. The highest BCUT2D eigenvalue weighted by Crippen LogP contribution is 2.35. The summed E-state index contributed by atoms with van der Waals surface area (Å²) >= 11 is 0. The van der Waals surface area contributed by atoms with Crippen molar-refractivity contribution in [3.8, 4) is 0 Å². The minimum absolute atomic E-state index is 0.0204. The van der Waals surface area contributed by atoms with Gasteiger partial charge in [0.2, 0.25) is 0 Å². The molecule has 0 spiro atoms. The average Bonchev–Trinajstić information content (AvgIpc) is 2.43. The van der Waals surface area contributed by atoms with Crippen LogP contribution in [0.15, 0.2) is 0 Å². The molecular formula is C14H26N2O4. The zero-order valence-corrected chi connectivity index (χ0v) is 12.6. The number of carboxylic acids is 1. The fourth-order valence-electron chi connectivity index (χ4n) is 2.71. The molecule has 0 unspecified atom stereocenters. The molecule has 1 aliphatic heterocycles. The third kappa shape index (κ3) is 3.42. The highest BCUT2D eigenvalue weighted by atomic mass is 16.4. The average molecular weight is 286 g/mol. The van der Waals surface area contributed by atoms with E-state index in [2.05, 4.69) is 0 Å². The van der Waals surface area contributed by atoms with Crippen LogP contribution in [0, 0.1) is 5.41 Å². The Kier molecular flexibility index (Phi) is 5.80. The maximum Gasteiger partial charge on any atom is 0.320 e. The molecule has 6 heteroatoms. The van der Waals surface area contributed by atoms with Gasteiger partial charge in [0.15, 0.2) is 0 Å². The number of likely N-dealkylation sites (tertiary alicyclic amines) is 1. The monoisotopic (exact) mass is 286 g/mol. The molecule has 1 heterocycles. The number of rotatable bonds is 5. The molecule has 0 atom stereocenters. The fourth-order valence-corrected chi connectivity index (χ4v) is 2.71. The first-order chi connectivity index (χ1) is 9.38. The van der Waals surface area contributed by atoms with Gasteiger partial charge in [0.25, 0.3) is 0 Å². The Morgan fingerprint density at radius 1 is 1.30 bits per heavy atom. The maximum atomic E-state index is 12.4. The van der Waals surface area contributed by atoms with E-state index in [9.17, 15) is 14.7 Å². The minimum Gasteiger partial charge on any atom is -0.481 e. The van der Waals surface area contributed by atoms with Crippen LogP contribution >= 0.6 is 0 Å². The predicted octanol–water partition coefficient (Wildman–Crippen LogP) is 1.39. The zero-order valence-electron chi connectivity index (χ0n) is 12.6. The molecule has 0 radical (unpaired) electrons. The van der Waals surface area contributed by atoms with E-state index in [1.165, 1.54) is 0 Å². The molecule has 2 N–H and O–H groups in total. The van der Waals surface area contributed by atoms with Gasteiger partial charge in [-0.1, -0.05) is 6.92 Å². The molecule has 6 nitrogen and oxygen atoms in total.